The molecule has 0 aliphatic carbocycles. The summed E-state index contributed by atoms with van der Waals surface area (Å²) in [6.07, 6.45) is 2.22. The fourth-order valence-corrected chi connectivity index (χ4v) is 2.31. The topological polar surface area (TPSA) is 55.6 Å². The number of hydrogen-bond donors (Lipinski definition) is 1. The molecular formula is C13H17N5. The molecule has 1 aromatic carbocycles. The molecule has 18 heavy (non-hydrogen) atoms. The van der Waals surface area contributed by atoms with Gasteiger partial charge in [-0.25, -0.2) is 0 Å². The van der Waals surface area contributed by atoms with Crippen LogP contribution >= 0.6 is 0 Å². The summed E-state index contributed by atoms with van der Waals surface area (Å²) in [5.74, 6) is 1.36. The predicted molar refractivity (Wildman–Crippen MR) is 68.2 cm³/mol. The van der Waals surface area contributed by atoms with Crippen molar-refractivity contribution in [3.63, 3.8) is 0 Å². The van der Waals surface area contributed by atoms with Crippen LogP contribution in [0.1, 0.15) is 30.1 Å². The molecule has 5 heteroatoms. The second-order valence-corrected chi connectivity index (χ2v) is 4.69. The summed E-state index contributed by atoms with van der Waals surface area (Å²) < 4.78 is 0. The summed E-state index contributed by atoms with van der Waals surface area (Å²) in [6, 6.07) is 10.2. The number of aromatic nitrogens is 4. The fraction of sp³-hybridized carbons (Fsp3) is 0.462. The van der Waals surface area contributed by atoms with Crippen molar-refractivity contribution in [3.8, 4) is 0 Å². The van der Waals surface area contributed by atoms with Crippen molar-refractivity contribution in [1.29, 1.82) is 0 Å². The Kier molecular flexibility index (Phi) is 3.32. The predicted octanol–water partition coefficient (Wildman–Crippen LogP) is 1.19. The molecule has 1 saturated heterocycles. The van der Waals surface area contributed by atoms with E-state index in [1.54, 1.807) is 4.80 Å². The monoisotopic (exact) mass is 243 g/mol. The molecule has 1 aromatic heterocycles. The Morgan fingerprint density at radius 3 is 2.72 bits per heavy atom. The average molecular weight is 243 g/mol. The van der Waals surface area contributed by atoms with E-state index in [4.69, 9.17) is 0 Å². The van der Waals surface area contributed by atoms with E-state index < -0.39 is 0 Å². The molecule has 0 saturated carbocycles. The molecule has 1 aliphatic rings. The van der Waals surface area contributed by atoms with E-state index in [9.17, 15) is 0 Å². The molecule has 0 amide bonds. The highest BCUT2D eigenvalue weighted by Crippen LogP contribution is 2.20. The van der Waals surface area contributed by atoms with Crippen molar-refractivity contribution in [1.82, 2.24) is 25.5 Å². The Morgan fingerprint density at radius 1 is 1.17 bits per heavy atom. The zero-order chi connectivity index (χ0) is 12.2. The van der Waals surface area contributed by atoms with Crippen LogP contribution in [0.15, 0.2) is 30.3 Å². The zero-order valence-corrected chi connectivity index (χ0v) is 10.3. The van der Waals surface area contributed by atoms with Gasteiger partial charge in [-0.3, -0.25) is 0 Å². The minimum atomic E-state index is 0.468. The maximum Gasteiger partial charge on any atom is 0.177 e. The number of rotatable bonds is 3. The van der Waals surface area contributed by atoms with Crippen LogP contribution in [-0.2, 0) is 6.54 Å². The zero-order valence-electron chi connectivity index (χ0n) is 10.3. The third-order valence-electron chi connectivity index (χ3n) is 3.34. The molecule has 3 rings (SSSR count). The number of hydrogen-bond acceptors (Lipinski definition) is 4. The minimum absolute atomic E-state index is 0.468. The van der Waals surface area contributed by atoms with Crippen LogP contribution in [-0.4, -0.2) is 33.3 Å². The second kappa shape index (κ2) is 5.27. The molecule has 0 atom stereocenters. The van der Waals surface area contributed by atoms with Gasteiger partial charge in [0.2, 0.25) is 0 Å². The maximum atomic E-state index is 4.50. The number of nitrogens with one attached hydrogen (secondary N) is 1. The highest BCUT2D eigenvalue weighted by atomic mass is 15.6. The van der Waals surface area contributed by atoms with Gasteiger partial charge in [0.05, 0.1) is 6.54 Å². The summed E-state index contributed by atoms with van der Waals surface area (Å²) in [5, 5.41) is 16.2. The van der Waals surface area contributed by atoms with Gasteiger partial charge < -0.3 is 5.32 Å². The lowest BCUT2D eigenvalue weighted by Crippen LogP contribution is -2.27. The van der Waals surface area contributed by atoms with Crippen molar-refractivity contribution < 1.29 is 0 Å². The first-order chi connectivity index (χ1) is 8.92. The lowest BCUT2D eigenvalue weighted by atomic mass is 9.98. The van der Waals surface area contributed by atoms with Gasteiger partial charge in [-0.1, -0.05) is 30.3 Å². The SMILES string of the molecule is c1ccc(Cn2nnc(C3CCNCC3)n2)cc1. The van der Waals surface area contributed by atoms with E-state index in [1.807, 2.05) is 18.2 Å². The van der Waals surface area contributed by atoms with Gasteiger partial charge in [0.25, 0.3) is 0 Å². The van der Waals surface area contributed by atoms with Crippen molar-refractivity contribution in [2.75, 3.05) is 13.1 Å². The van der Waals surface area contributed by atoms with Crippen molar-refractivity contribution in [2.45, 2.75) is 25.3 Å². The Hall–Kier alpha value is -1.75. The molecule has 5 nitrogen and oxygen atoms in total. The molecule has 0 radical (unpaired) electrons. The number of tetrazole rings is 1. The standard InChI is InChI=1S/C13H17N5/c1-2-4-11(5-3-1)10-18-16-13(15-17-18)12-6-8-14-9-7-12/h1-5,12,14H,6-10H2. The van der Waals surface area contributed by atoms with Crippen LogP contribution in [0.25, 0.3) is 0 Å². The summed E-state index contributed by atoms with van der Waals surface area (Å²) in [4.78, 5) is 1.69. The molecule has 0 unspecified atom stereocenters. The van der Waals surface area contributed by atoms with Gasteiger partial charge in [0.15, 0.2) is 5.82 Å². The quantitative estimate of drug-likeness (QED) is 0.879. The number of piperidine rings is 1. The van der Waals surface area contributed by atoms with Gasteiger partial charge >= 0.3 is 0 Å². The van der Waals surface area contributed by atoms with E-state index >= 15 is 0 Å². The summed E-state index contributed by atoms with van der Waals surface area (Å²) in [6.45, 7) is 2.80. The Balaban J connectivity index is 1.69. The lowest BCUT2D eigenvalue weighted by Gasteiger charge is -2.19. The molecule has 1 aliphatic heterocycles. The third-order valence-corrected chi connectivity index (χ3v) is 3.34. The summed E-state index contributed by atoms with van der Waals surface area (Å²) in [5.41, 5.74) is 1.20. The van der Waals surface area contributed by atoms with Crippen LogP contribution in [0.3, 0.4) is 0 Å². The second-order valence-electron chi connectivity index (χ2n) is 4.69. The highest BCUT2D eigenvalue weighted by Gasteiger charge is 2.19. The van der Waals surface area contributed by atoms with Gasteiger partial charge in [0.1, 0.15) is 0 Å². The molecule has 0 bridgehead atoms. The average Bonchev–Trinajstić information content (AvgIpc) is 2.89. The Morgan fingerprint density at radius 2 is 1.94 bits per heavy atom. The van der Waals surface area contributed by atoms with E-state index in [-0.39, 0.29) is 0 Å². The van der Waals surface area contributed by atoms with Gasteiger partial charge in [-0.05, 0) is 36.7 Å². The molecular weight excluding hydrogens is 226 g/mol. The molecule has 94 valence electrons. The number of benzene rings is 1. The molecule has 0 spiro atoms. The van der Waals surface area contributed by atoms with Crippen molar-refractivity contribution in [2.24, 2.45) is 0 Å². The van der Waals surface area contributed by atoms with E-state index in [2.05, 4.69) is 32.9 Å². The number of nitrogens with zero attached hydrogens (tertiary/aromatic N) is 4. The summed E-state index contributed by atoms with van der Waals surface area (Å²) in [7, 11) is 0. The maximum absolute atomic E-state index is 4.50. The Bertz CT molecular complexity index is 487. The van der Waals surface area contributed by atoms with Crippen LogP contribution in [0, 0.1) is 0 Å². The van der Waals surface area contributed by atoms with Crippen molar-refractivity contribution >= 4 is 0 Å². The van der Waals surface area contributed by atoms with Crippen LogP contribution in [0.2, 0.25) is 0 Å². The van der Waals surface area contributed by atoms with E-state index in [1.165, 1.54) is 5.56 Å². The fourth-order valence-electron chi connectivity index (χ4n) is 2.31. The lowest BCUT2D eigenvalue weighted by molar-refractivity contribution is 0.442. The Labute approximate surface area is 106 Å². The van der Waals surface area contributed by atoms with Gasteiger partial charge in [0, 0.05) is 5.92 Å². The van der Waals surface area contributed by atoms with Crippen LogP contribution in [0.4, 0.5) is 0 Å². The van der Waals surface area contributed by atoms with Crippen molar-refractivity contribution in [3.05, 3.63) is 41.7 Å². The molecule has 2 aromatic rings. The van der Waals surface area contributed by atoms with Gasteiger partial charge in [-0.2, -0.15) is 4.80 Å². The smallest absolute Gasteiger partial charge is 0.177 e. The third kappa shape index (κ3) is 2.56. The largest absolute Gasteiger partial charge is 0.317 e. The van der Waals surface area contributed by atoms with Gasteiger partial charge in [-0.15, -0.1) is 10.2 Å². The molecule has 1 fully saturated rings. The van der Waals surface area contributed by atoms with E-state index in [0.29, 0.717) is 12.5 Å². The molecule has 2 heterocycles. The first-order valence-electron chi connectivity index (χ1n) is 6.44. The highest BCUT2D eigenvalue weighted by molar-refractivity contribution is 5.14. The normalized spacial score (nSPS) is 16.9. The van der Waals surface area contributed by atoms with E-state index in [0.717, 1.165) is 31.8 Å². The van der Waals surface area contributed by atoms with Crippen LogP contribution < -0.4 is 5.32 Å². The molecule has 1 N–H and O–H groups in total. The first-order valence-corrected chi connectivity index (χ1v) is 6.44. The summed E-state index contributed by atoms with van der Waals surface area (Å²) >= 11 is 0. The minimum Gasteiger partial charge on any atom is -0.317 e. The van der Waals surface area contributed by atoms with Crippen LogP contribution in [0.5, 0.6) is 0 Å². The first kappa shape index (κ1) is 11.3.